The summed E-state index contributed by atoms with van der Waals surface area (Å²) in [4.78, 5) is 16.1. The summed E-state index contributed by atoms with van der Waals surface area (Å²) in [6.45, 7) is 2.59. The standard InChI is InChI=1S/C15H16BrN3O2/c1-2-21-15(20)12-7-11(17)9-19-14(12)18-8-10-5-3-4-6-13(10)16/h3-7,9H,2,8,17H2,1H3,(H,18,19). The monoisotopic (exact) mass is 349 g/mol. The van der Waals surface area contributed by atoms with E-state index in [-0.39, 0.29) is 0 Å². The van der Waals surface area contributed by atoms with Crippen LogP contribution in [0.3, 0.4) is 0 Å². The van der Waals surface area contributed by atoms with Gasteiger partial charge in [-0.1, -0.05) is 34.1 Å². The van der Waals surface area contributed by atoms with Gasteiger partial charge in [0.25, 0.3) is 0 Å². The van der Waals surface area contributed by atoms with Crippen molar-refractivity contribution in [2.24, 2.45) is 0 Å². The van der Waals surface area contributed by atoms with Gasteiger partial charge < -0.3 is 15.8 Å². The molecule has 2 aromatic rings. The number of halogens is 1. The normalized spacial score (nSPS) is 10.2. The van der Waals surface area contributed by atoms with E-state index in [1.165, 1.54) is 6.20 Å². The van der Waals surface area contributed by atoms with Gasteiger partial charge in [0.2, 0.25) is 0 Å². The molecule has 0 aliphatic rings. The molecule has 2 rings (SSSR count). The van der Waals surface area contributed by atoms with Crippen molar-refractivity contribution in [2.45, 2.75) is 13.5 Å². The van der Waals surface area contributed by atoms with Crippen LogP contribution in [0.4, 0.5) is 11.5 Å². The molecule has 0 saturated heterocycles. The molecule has 0 bridgehead atoms. The molecule has 0 radical (unpaired) electrons. The number of nitrogens with zero attached hydrogens (tertiary/aromatic N) is 1. The summed E-state index contributed by atoms with van der Waals surface area (Å²) >= 11 is 3.48. The van der Waals surface area contributed by atoms with Crippen LogP contribution < -0.4 is 11.1 Å². The number of nitrogen functional groups attached to an aromatic ring is 1. The third-order valence-electron chi connectivity index (χ3n) is 2.81. The average molecular weight is 350 g/mol. The summed E-state index contributed by atoms with van der Waals surface area (Å²) in [7, 11) is 0. The van der Waals surface area contributed by atoms with Crippen molar-refractivity contribution in [2.75, 3.05) is 17.7 Å². The first-order valence-electron chi connectivity index (χ1n) is 6.51. The molecule has 6 heteroatoms. The fourth-order valence-electron chi connectivity index (χ4n) is 1.81. The highest BCUT2D eigenvalue weighted by atomic mass is 79.9. The number of aromatic nitrogens is 1. The van der Waals surface area contributed by atoms with Crippen LogP contribution in [0.25, 0.3) is 0 Å². The predicted octanol–water partition coefficient (Wildman–Crippen LogP) is 3.22. The second-order valence-electron chi connectivity index (χ2n) is 4.33. The number of carbonyl (C=O) groups excluding carboxylic acids is 1. The lowest BCUT2D eigenvalue weighted by atomic mass is 10.2. The van der Waals surface area contributed by atoms with Crippen LogP contribution in [0.1, 0.15) is 22.8 Å². The minimum absolute atomic E-state index is 0.303. The van der Waals surface area contributed by atoms with E-state index in [0.29, 0.717) is 30.2 Å². The number of hydrogen-bond donors (Lipinski definition) is 2. The Hall–Kier alpha value is -2.08. The van der Waals surface area contributed by atoms with E-state index >= 15 is 0 Å². The zero-order chi connectivity index (χ0) is 15.2. The van der Waals surface area contributed by atoms with Crippen molar-refractivity contribution in [3.63, 3.8) is 0 Å². The second-order valence-corrected chi connectivity index (χ2v) is 5.18. The summed E-state index contributed by atoms with van der Waals surface area (Å²) in [5.41, 5.74) is 7.51. The molecule has 21 heavy (non-hydrogen) atoms. The Kier molecular flexibility index (Phi) is 5.16. The molecule has 1 aromatic heterocycles. The number of benzene rings is 1. The number of rotatable bonds is 5. The summed E-state index contributed by atoms with van der Waals surface area (Å²) in [5.74, 6) is 0.0188. The molecular formula is C15H16BrN3O2. The largest absolute Gasteiger partial charge is 0.462 e. The van der Waals surface area contributed by atoms with E-state index in [9.17, 15) is 4.79 Å². The number of esters is 1. The van der Waals surface area contributed by atoms with Crippen LogP contribution in [0.5, 0.6) is 0 Å². The van der Waals surface area contributed by atoms with Crippen molar-refractivity contribution in [3.8, 4) is 0 Å². The minimum Gasteiger partial charge on any atom is -0.462 e. The van der Waals surface area contributed by atoms with Crippen LogP contribution >= 0.6 is 15.9 Å². The molecule has 1 heterocycles. The molecule has 3 N–H and O–H groups in total. The van der Waals surface area contributed by atoms with Gasteiger partial charge >= 0.3 is 5.97 Å². The Balaban J connectivity index is 2.20. The molecule has 0 fully saturated rings. The van der Waals surface area contributed by atoms with E-state index in [4.69, 9.17) is 10.5 Å². The molecule has 0 unspecified atom stereocenters. The SMILES string of the molecule is CCOC(=O)c1cc(N)cnc1NCc1ccccc1Br. The molecule has 0 saturated carbocycles. The highest BCUT2D eigenvalue weighted by molar-refractivity contribution is 9.10. The number of pyridine rings is 1. The molecule has 0 atom stereocenters. The average Bonchev–Trinajstić information content (AvgIpc) is 2.47. The van der Waals surface area contributed by atoms with Gasteiger partial charge in [0.15, 0.2) is 0 Å². The topological polar surface area (TPSA) is 77.2 Å². The lowest BCUT2D eigenvalue weighted by Gasteiger charge is -2.12. The number of ether oxygens (including phenoxy) is 1. The minimum atomic E-state index is -0.438. The Labute approximate surface area is 131 Å². The van der Waals surface area contributed by atoms with E-state index in [1.807, 2.05) is 24.3 Å². The number of anilines is 2. The van der Waals surface area contributed by atoms with Crippen LogP contribution in [0, 0.1) is 0 Å². The molecule has 0 aliphatic heterocycles. The Morgan fingerprint density at radius 2 is 2.19 bits per heavy atom. The predicted molar refractivity (Wildman–Crippen MR) is 86.1 cm³/mol. The molecule has 0 aliphatic carbocycles. The van der Waals surface area contributed by atoms with Crippen molar-refractivity contribution in [1.82, 2.24) is 4.98 Å². The van der Waals surface area contributed by atoms with Gasteiger partial charge in [-0.2, -0.15) is 0 Å². The van der Waals surface area contributed by atoms with Crippen LogP contribution in [-0.2, 0) is 11.3 Å². The maximum atomic E-state index is 11.9. The first kappa shape index (κ1) is 15.3. The van der Waals surface area contributed by atoms with Crippen molar-refractivity contribution < 1.29 is 9.53 Å². The summed E-state index contributed by atoms with van der Waals surface area (Å²) < 4.78 is 6.01. The van der Waals surface area contributed by atoms with Gasteiger partial charge in [-0.25, -0.2) is 9.78 Å². The van der Waals surface area contributed by atoms with Crippen LogP contribution in [-0.4, -0.2) is 17.6 Å². The van der Waals surface area contributed by atoms with Crippen LogP contribution in [0.2, 0.25) is 0 Å². The number of carbonyl (C=O) groups is 1. The fraction of sp³-hybridized carbons (Fsp3) is 0.200. The third-order valence-corrected chi connectivity index (χ3v) is 3.58. The number of nitrogens with one attached hydrogen (secondary N) is 1. The highest BCUT2D eigenvalue weighted by Crippen LogP contribution is 2.20. The van der Waals surface area contributed by atoms with E-state index in [1.54, 1.807) is 13.0 Å². The van der Waals surface area contributed by atoms with Crippen LogP contribution in [0.15, 0.2) is 41.0 Å². The van der Waals surface area contributed by atoms with Gasteiger partial charge in [-0.3, -0.25) is 0 Å². The van der Waals surface area contributed by atoms with Crippen molar-refractivity contribution >= 4 is 33.4 Å². The Morgan fingerprint density at radius 1 is 1.43 bits per heavy atom. The molecular weight excluding hydrogens is 334 g/mol. The van der Waals surface area contributed by atoms with Gasteiger partial charge in [-0.05, 0) is 24.6 Å². The highest BCUT2D eigenvalue weighted by Gasteiger charge is 2.14. The quantitative estimate of drug-likeness (QED) is 0.810. The third kappa shape index (κ3) is 3.95. The fourth-order valence-corrected chi connectivity index (χ4v) is 2.23. The molecule has 5 nitrogen and oxygen atoms in total. The summed E-state index contributed by atoms with van der Waals surface area (Å²) in [6, 6.07) is 9.40. The van der Waals surface area contributed by atoms with Gasteiger partial charge in [0, 0.05) is 11.0 Å². The number of hydrogen-bond acceptors (Lipinski definition) is 5. The Morgan fingerprint density at radius 3 is 2.90 bits per heavy atom. The Bertz CT molecular complexity index is 647. The first-order valence-corrected chi connectivity index (χ1v) is 7.31. The van der Waals surface area contributed by atoms with E-state index in [2.05, 4.69) is 26.2 Å². The lowest BCUT2D eigenvalue weighted by Crippen LogP contribution is -2.12. The summed E-state index contributed by atoms with van der Waals surface area (Å²) in [6.07, 6.45) is 1.51. The maximum absolute atomic E-state index is 11.9. The molecule has 1 aromatic carbocycles. The molecule has 0 amide bonds. The van der Waals surface area contributed by atoms with E-state index in [0.717, 1.165) is 10.0 Å². The lowest BCUT2D eigenvalue weighted by molar-refractivity contribution is 0.0527. The zero-order valence-corrected chi connectivity index (χ0v) is 13.2. The zero-order valence-electron chi connectivity index (χ0n) is 11.6. The van der Waals surface area contributed by atoms with Gasteiger partial charge in [0.1, 0.15) is 11.4 Å². The summed E-state index contributed by atoms with van der Waals surface area (Å²) in [5, 5.41) is 3.14. The van der Waals surface area contributed by atoms with Crippen molar-refractivity contribution in [3.05, 3.63) is 52.1 Å². The van der Waals surface area contributed by atoms with Gasteiger partial charge in [-0.15, -0.1) is 0 Å². The van der Waals surface area contributed by atoms with Gasteiger partial charge in [0.05, 0.1) is 18.5 Å². The second kappa shape index (κ2) is 7.08. The van der Waals surface area contributed by atoms with Crippen molar-refractivity contribution in [1.29, 1.82) is 0 Å². The first-order chi connectivity index (χ1) is 10.1. The molecule has 0 spiro atoms. The maximum Gasteiger partial charge on any atom is 0.341 e. The molecule has 110 valence electrons. The smallest absolute Gasteiger partial charge is 0.341 e. The van der Waals surface area contributed by atoms with E-state index < -0.39 is 5.97 Å². The number of nitrogens with two attached hydrogens (primary N) is 1.